The average Bonchev–Trinajstić information content (AvgIpc) is 3.39. The maximum Gasteiger partial charge on any atom is 0.407 e. The highest BCUT2D eigenvalue weighted by molar-refractivity contribution is 8.12. The number of nitrogens with one attached hydrogen (secondary N) is 1. The van der Waals surface area contributed by atoms with E-state index in [2.05, 4.69) is 108 Å². The molecule has 0 spiro atoms. The zero-order valence-electron chi connectivity index (χ0n) is 43.8. The van der Waals surface area contributed by atoms with Crippen molar-refractivity contribution in [2.75, 3.05) is 25.5 Å². The van der Waals surface area contributed by atoms with Crippen molar-refractivity contribution >= 4 is 55.5 Å². The molecule has 18 heteroatoms. The molecule has 0 aliphatic carbocycles. The van der Waals surface area contributed by atoms with E-state index in [0.717, 1.165) is 39.6 Å². The fraction of sp³-hybridized carbons (Fsp3) is 0.288. The van der Waals surface area contributed by atoms with E-state index in [9.17, 15) is 26.4 Å². The summed E-state index contributed by atoms with van der Waals surface area (Å²) in [6, 6.07) is 28.9. The Bertz CT molecular complexity index is 3560. The van der Waals surface area contributed by atoms with Gasteiger partial charge in [0.1, 0.15) is 49.7 Å². The molecular weight excluding hydrogens is 1050 g/mol. The van der Waals surface area contributed by atoms with Crippen LogP contribution in [0.5, 0.6) is 11.5 Å². The highest BCUT2D eigenvalue weighted by Crippen LogP contribution is 2.42. The van der Waals surface area contributed by atoms with Crippen LogP contribution in [0.25, 0.3) is 15.8 Å². The maximum absolute atomic E-state index is 15.8. The Balaban J connectivity index is 1.29. The first kappa shape index (κ1) is 58.0. The van der Waals surface area contributed by atoms with Gasteiger partial charge in [-0.2, -0.15) is 0 Å². The molecule has 0 saturated carbocycles. The Hall–Kier alpha value is -6.73. The van der Waals surface area contributed by atoms with E-state index in [1.165, 1.54) is 34.9 Å². The molecule has 6 aromatic carbocycles. The number of sulfonamides is 2. The molecule has 0 atom stereocenters. The number of thioether (sulfide) groups is 1. The summed E-state index contributed by atoms with van der Waals surface area (Å²) < 4.78 is 139. The smallest absolute Gasteiger partial charge is 0.407 e. The Kier molecular flexibility index (Phi) is 18.3. The summed E-state index contributed by atoms with van der Waals surface area (Å²) in [5.74, 6) is -8.81. The van der Waals surface area contributed by atoms with Crippen molar-refractivity contribution in [1.82, 2.24) is 5.32 Å². The third-order valence-corrected chi connectivity index (χ3v) is 17.2. The Morgan fingerprint density at radius 1 is 0.675 bits per heavy atom. The van der Waals surface area contributed by atoms with Crippen LogP contribution in [0.1, 0.15) is 129 Å². The van der Waals surface area contributed by atoms with Crippen LogP contribution in [0, 0.1) is 23.3 Å². The quantitative estimate of drug-likeness (QED) is 0.0195. The van der Waals surface area contributed by atoms with Crippen molar-refractivity contribution in [1.29, 1.82) is 0 Å². The van der Waals surface area contributed by atoms with E-state index >= 15 is 17.6 Å². The minimum atomic E-state index is -6.08. The molecule has 0 saturated heterocycles. The van der Waals surface area contributed by atoms with E-state index in [-0.39, 0.29) is 54.1 Å². The number of nitrogens with zero attached hydrogens (tertiary/aromatic N) is 1. The second kappa shape index (κ2) is 24.3. The van der Waals surface area contributed by atoms with Gasteiger partial charge in [-0.3, -0.25) is 0 Å². The summed E-state index contributed by atoms with van der Waals surface area (Å²) in [5, 5.41) is 3.44. The van der Waals surface area contributed by atoms with Crippen molar-refractivity contribution in [2.24, 2.45) is 0 Å². The highest BCUT2D eigenvalue weighted by Gasteiger charge is 2.33. The molecule has 7 rings (SSSR count). The average molecular weight is 1110 g/mol. The Labute approximate surface area is 451 Å². The molecule has 1 amide bonds. The number of amides is 1. The maximum atomic E-state index is 15.8. The molecule has 0 aromatic heterocycles. The van der Waals surface area contributed by atoms with E-state index in [0.29, 0.717) is 34.3 Å². The number of rotatable bonds is 20. The first-order chi connectivity index (χ1) is 36.4. The third-order valence-electron chi connectivity index (χ3n) is 12.8. The molecule has 1 N–H and O–H groups in total. The summed E-state index contributed by atoms with van der Waals surface area (Å²) in [5.41, 5.74) is 8.48. The molecule has 0 radical (unpaired) electrons. The molecule has 0 unspecified atom stereocenters. The van der Waals surface area contributed by atoms with Gasteiger partial charge in [0.15, 0.2) is 23.3 Å². The fourth-order valence-corrected chi connectivity index (χ4v) is 13.0. The lowest BCUT2D eigenvalue weighted by atomic mass is 9.85. The number of carbonyl (C=O) groups excluding carboxylic acids is 2. The van der Waals surface area contributed by atoms with Gasteiger partial charge < -0.3 is 23.7 Å². The highest BCUT2D eigenvalue weighted by atomic mass is 32.3. The number of hydrogen-bond acceptors (Lipinski definition) is 10. The van der Waals surface area contributed by atoms with Crippen LogP contribution < -0.4 is 20.5 Å². The fourth-order valence-electron chi connectivity index (χ4n) is 9.24. The molecule has 6 aromatic rings. The van der Waals surface area contributed by atoms with Crippen molar-refractivity contribution in [3.8, 4) is 11.5 Å². The van der Waals surface area contributed by atoms with Crippen LogP contribution in [0.4, 0.5) is 22.4 Å². The molecule has 406 valence electrons. The van der Waals surface area contributed by atoms with Gasteiger partial charge in [-0.25, -0.2) is 44.0 Å². The predicted octanol–water partition coefficient (Wildman–Crippen LogP) is 12.5. The molecule has 1 aliphatic rings. The van der Waals surface area contributed by atoms with Gasteiger partial charge in [-0.15, -0.1) is 11.8 Å². The summed E-state index contributed by atoms with van der Waals surface area (Å²) >= 11 is 0.149. The van der Waals surface area contributed by atoms with Gasteiger partial charge in [0.2, 0.25) is 0 Å². The number of fused-ring (bicyclic) bond motifs is 2. The van der Waals surface area contributed by atoms with Crippen molar-refractivity contribution in [3.05, 3.63) is 198 Å². The van der Waals surface area contributed by atoms with Crippen molar-refractivity contribution < 1.29 is 58.2 Å². The largest absolute Gasteiger partial charge is 0.461 e. The van der Waals surface area contributed by atoms with Gasteiger partial charge >= 0.3 is 12.1 Å². The predicted molar refractivity (Wildman–Crippen MR) is 291 cm³/mol. The van der Waals surface area contributed by atoms with Crippen LogP contribution in [-0.2, 0) is 40.7 Å². The summed E-state index contributed by atoms with van der Waals surface area (Å²) in [6.45, 7) is 19.4. The van der Waals surface area contributed by atoms with E-state index in [1.54, 1.807) is 12.1 Å². The first-order valence-corrected chi connectivity index (χ1v) is 28.8. The van der Waals surface area contributed by atoms with Gasteiger partial charge in [-0.05, 0) is 105 Å². The van der Waals surface area contributed by atoms with Gasteiger partial charge in [0.05, 0.1) is 16.3 Å². The topological polar surface area (TPSA) is 156 Å². The van der Waals surface area contributed by atoms with Crippen LogP contribution in [0.2, 0.25) is 0 Å². The SMILES string of the molecule is C=CC(=O)OCCNC(=O)OCCSc1c(F)c(F)c(S(=O)(=O)[N-]S(=O)(=O)c2ccccc2C2=c3cc/c(=C\c4c(C(C)C)cccc4C(C)C)cc3Oc3cc(Cc4c(C(C)C)cccc4C(C)C)ccc32)c(F)c1F. The van der Waals surface area contributed by atoms with Gasteiger partial charge in [0, 0.05) is 33.7 Å². The van der Waals surface area contributed by atoms with Crippen LogP contribution in [0.3, 0.4) is 0 Å². The second-order valence-corrected chi connectivity index (χ2v) is 23.9. The second-order valence-electron chi connectivity index (χ2n) is 19.5. The standard InChI is InChI=1S/C59H59F4N2O9S3/c1-10-51(66)72-26-25-64-59(67)73-27-28-75-57-53(60)55(62)58(56(63)54(57)61)77(70,71)65-76(68,69)50-20-12-11-15-45(50)52-43-23-21-37(29-46-39(33(2)3)16-13-17-40(46)34(4)5)31-48(43)74-49-32-38(22-24-44(49)52)30-47-41(35(6)7)18-14-19-42(47)36(8)9/h10-24,29,31-36H,1,25-28,30H2,2-9H3,(H,64,67)/q-1/b37-29+. The molecule has 1 aliphatic heterocycles. The number of halogens is 4. The number of benzene rings is 6. The Morgan fingerprint density at radius 3 is 1.87 bits per heavy atom. The van der Waals surface area contributed by atoms with Crippen LogP contribution in [-0.4, -0.2) is 54.4 Å². The minimum Gasteiger partial charge on any atom is -0.461 e. The normalized spacial score (nSPS) is 12.7. The number of carbonyl (C=O) groups is 2. The third kappa shape index (κ3) is 12.8. The lowest BCUT2D eigenvalue weighted by Crippen LogP contribution is -2.29. The Morgan fingerprint density at radius 2 is 1.27 bits per heavy atom. The monoisotopic (exact) mass is 1110 g/mol. The lowest BCUT2D eigenvalue weighted by Gasteiger charge is -2.27. The van der Waals surface area contributed by atoms with E-state index < -0.39 is 82.4 Å². The zero-order chi connectivity index (χ0) is 56.1. The molecule has 11 nitrogen and oxygen atoms in total. The van der Waals surface area contributed by atoms with E-state index in [1.807, 2.05) is 30.3 Å². The molecule has 77 heavy (non-hydrogen) atoms. The molecule has 0 bridgehead atoms. The van der Waals surface area contributed by atoms with E-state index in [4.69, 9.17) is 14.2 Å². The van der Waals surface area contributed by atoms with Crippen LogP contribution in [0.15, 0.2) is 124 Å². The molecule has 0 fully saturated rings. The van der Waals surface area contributed by atoms with Gasteiger partial charge in [0.25, 0.3) is 0 Å². The van der Waals surface area contributed by atoms with Crippen LogP contribution >= 0.6 is 11.8 Å². The van der Waals surface area contributed by atoms with Crippen molar-refractivity contribution in [3.63, 3.8) is 0 Å². The summed E-state index contributed by atoms with van der Waals surface area (Å²) in [4.78, 5) is 18.8. The van der Waals surface area contributed by atoms with Gasteiger partial charge in [-0.1, -0.05) is 135 Å². The zero-order valence-corrected chi connectivity index (χ0v) is 46.3. The summed E-state index contributed by atoms with van der Waals surface area (Å²) in [6.07, 6.45) is 2.52. The molecule has 1 heterocycles. The lowest BCUT2D eigenvalue weighted by molar-refractivity contribution is -0.137. The molecular formula is C59H59F4N2O9S3-. The number of alkyl carbamates (subject to hydrolysis) is 1. The minimum absolute atomic E-state index is 0.0571. The summed E-state index contributed by atoms with van der Waals surface area (Å²) in [7, 11) is -11.6. The number of ether oxygens (including phenoxy) is 3. The first-order valence-electron chi connectivity index (χ1n) is 24.9. The number of hydrogen-bond donors (Lipinski definition) is 1. The van der Waals surface area contributed by atoms with Crippen molar-refractivity contribution in [2.45, 2.75) is 100 Å². The number of esters is 1.